The largest absolute Gasteiger partial charge is 1.00 e. The molecule has 0 aromatic heterocycles. The van der Waals surface area contributed by atoms with E-state index in [0.717, 1.165) is 11.8 Å². The summed E-state index contributed by atoms with van der Waals surface area (Å²) in [6.07, 6.45) is 24.3. The average Bonchev–Trinajstić information content (AvgIpc) is 2.77. The molecule has 6 fully saturated rings. The first kappa shape index (κ1) is 27.1. The van der Waals surface area contributed by atoms with E-state index in [-0.39, 0.29) is 34.0 Å². The summed E-state index contributed by atoms with van der Waals surface area (Å²) in [5, 5.41) is 0. The Hall–Kier alpha value is 0.880. The van der Waals surface area contributed by atoms with Crippen LogP contribution in [0, 0.1) is 11.8 Å². The van der Waals surface area contributed by atoms with Crippen molar-refractivity contribution in [3.05, 3.63) is 0 Å². The Morgan fingerprint density at radius 2 is 0.600 bits per heavy atom. The van der Waals surface area contributed by atoms with Gasteiger partial charge in [0, 0.05) is 0 Å². The van der Waals surface area contributed by atoms with Crippen LogP contribution < -0.4 is 34.0 Å². The molecule has 4 heteroatoms. The monoisotopic (exact) mass is 548 g/mol. The van der Waals surface area contributed by atoms with Gasteiger partial charge in [0.05, 0.1) is 52.4 Å². The second kappa shape index (κ2) is 13.6. The van der Waals surface area contributed by atoms with Crippen molar-refractivity contribution < 1.29 is 42.9 Å². The highest BCUT2D eigenvalue weighted by Gasteiger charge is 2.39. The van der Waals surface area contributed by atoms with Crippen LogP contribution in [0.5, 0.6) is 0 Å². The molecule has 0 spiro atoms. The highest BCUT2D eigenvalue weighted by atomic mass is 79.9. The lowest BCUT2D eigenvalue weighted by Gasteiger charge is -2.49. The maximum absolute atomic E-state index is 1.54. The van der Waals surface area contributed by atoms with Gasteiger partial charge in [-0.25, -0.2) is 0 Å². The molecule has 0 amide bonds. The SMILES string of the molecule is C(CCCCCC[N+]12CCC(CC1)CC2)CCCCC[N+]12CCC(CC1)CC2.[Br-].[Br-]. The number of hydrogen-bond donors (Lipinski definition) is 0. The summed E-state index contributed by atoms with van der Waals surface area (Å²) < 4.78 is 3.02. The van der Waals surface area contributed by atoms with Gasteiger partial charge in [-0.2, -0.15) is 0 Å². The third-order valence-corrected chi connectivity index (χ3v) is 9.59. The van der Waals surface area contributed by atoms with Gasteiger partial charge in [0.2, 0.25) is 0 Å². The van der Waals surface area contributed by atoms with Crippen molar-refractivity contribution in [3.8, 4) is 0 Å². The van der Waals surface area contributed by atoms with E-state index in [1.165, 1.54) is 126 Å². The van der Waals surface area contributed by atoms with Gasteiger partial charge in [-0.3, -0.25) is 0 Å². The topological polar surface area (TPSA) is 0 Å². The Bertz CT molecular complexity index is 384. The van der Waals surface area contributed by atoms with Crippen molar-refractivity contribution >= 4 is 0 Å². The minimum Gasteiger partial charge on any atom is -1.00 e. The molecule has 6 aliphatic rings. The van der Waals surface area contributed by atoms with E-state index in [1.807, 2.05) is 0 Å². The quantitative estimate of drug-likeness (QED) is 0.227. The van der Waals surface area contributed by atoms with Gasteiger partial charge in [-0.05, 0) is 76.0 Å². The first-order valence-corrected chi connectivity index (χ1v) is 13.5. The molecule has 0 atom stereocenters. The number of halogens is 2. The van der Waals surface area contributed by atoms with Crippen molar-refractivity contribution in [1.82, 2.24) is 0 Å². The minimum atomic E-state index is 0. The molecule has 30 heavy (non-hydrogen) atoms. The predicted molar refractivity (Wildman–Crippen MR) is 120 cm³/mol. The van der Waals surface area contributed by atoms with Crippen molar-refractivity contribution in [3.63, 3.8) is 0 Å². The van der Waals surface area contributed by atoms with Crippen molar-refractivity contribution in [2.75, 3.05) is 52.4 Å². The fraction of sp³-hybridized carbons (Fsp3) is 1.00. The van der Waals surface area contributed by atoms with Gasteiger partial charge < -0.3 is 42.9 Å². The second-order valence-electron chi connectivity index (χ2n) is 11.5. The Labute approximate surface area is 209 Å². The Balaban J connectivity index is 0.00000160. The van der Waals surface area contributed by atoms with E-state index < -0.39 is 0 Å². The zero-order chi connectivity index (χ0) is 19.1. The third kappa shape index (κ3) is 7.73. The molecule has 0 aromatic carbocycles. The highest BCUT2D eigenvalue weighted by molar-refractivity contribution is 4.72. The first-order chi connectivity index (χ1) is 13.8. The summed E-state index contributed by atoms with van der Waals surface area (Å²) in [4.78, 5) is 0. The normalized spacial score (nSPS) is 34.4. The molecule has 2 nitrogen and oxygen atoms in total. The zero-order valence-corrected chi connectivity index (χ0v) is 22.9. The molecular formula is C26H50Br2N2. The third-order valence-electron chi connectivity index (χ3n) is 9.59. The number of quaternary nitrogens is 2. The van der Waals surface area contributed by atoms with Crippen LogP contribution in [0.3, 0.4) is 0 Å². The van der Waals surface area contributed by atoms with Gasteiger partial charge in [0.15, 0.2) is 0 Å². The summed E-state index contributed by atoms with van der Waals surface area (Å²) in [5.41, 5.74) is 0. The van der Waals surface area contributed by atoms with E-state index in [1.54, 1.807) is 38.5 Å². The molecule has 0 radical (unpaired) electrons. The fourth-order valence-electron chi connectivity index (χ4n) is 7.25. The molecule has 0 N–H and O–H groups in total. The minimum absolute atomic E-state index is 0. The maximum Gasteiger partial charge on any atom is 0.0789 e. The van der Waals surface area contributed by atoms with Gasteiger partial charge in [0.1, 0.15) is 0 Å². The maximum atomic E-state index is 1.54. The van der Waals surface area contributed by atoms with Gasteiger partial charge >= 0.3 is 0 Å². The molecule has 0 aromatic rings. The van der Waals surface area contributed by atoms with Gasteiger partial charge in [-0.15, -0.1) is 0 Å². The number of rotatable bonds is 13. The van der Waals surface area contributed by atoms with Crippen LogP contribution in [0.1, 0.15) is 103 Å². The molecule has 6 heterocycles. The molecular weight excluding hydrogens is 500 g/mol. The lowest BCUT2D eigenvalue weighted by atomic mass is 9.85. The molecule has 6 rings (SSSR count). The molecule has 6 saturated heterocycles. The fourth-order valence-corrected chi connectivity index (χ4v) is 7.25. The van der Waals surface area contributed by atoms with Gasteiger partial charge in [0.25, 0.3) is 0 Å². The lowest BCUT2D eigenvalue weighted by molar-refractivity contribution is -0.942. The molecule has 0 unspecified atom stereocenters. The Morgan fingerprint density at radius 1 is 0.367 bits per heavy atom. The van der Waals surface area contributed by atoms with E-state index in [4.69, 9.17) is 0 Å². The Morgan fingerprint density at radius 3 is 0.867 bits per heavy atom. The van der Waals surface area contributed by atoms with Crippen LogP contribution in [0.2, 0.25) is 0 Å². The smallest absolute Gasteiger partial charge is 0.0789 e. The van der Waals surface area contributed by atoms with Gasteiger partial charge in [-0.1, -0.05) is 38.5 Å². The van der Waals surface area contributed by atoms with E-state index >= 15 is 0 Å². The van der Waals surface area contributed by atoms with E-state index in [0.29, 0.717) is 0 Å². The lowest BCUT2D eigenvalue weighted by Crippen LogP contribution is -3.00. The van der Waals surface area contributed by atoms with Crippen molar-refractivity contribution in [2.24, 2.45) is 11.8 Å². The summed E-state index contributed by atoms with van der Waals surface area (Å²) in [7, 11) is 0. The number of fused-ring (bicyclic) bond motifs is 6. The number of unbranched alkanes of at least 4 members (excludes halogenated alkanes) is 9. The summed E-state index contributed by atoms with van der Waals surface area (Å²) >= 11 is 0. The van der Waals surface area contributed by atoms with Crippen LogP contribution in [0.15, 0.2) is 0 Å². The molecule has 0 saturated carbocycles. The number of nitrogens with zero attached hydrogens (tertiary/aromatic N) is 2. The van der Waals surface area contributed by atoms with Crippen LogP contribution in [-0.4, -0.2) is 61.3 Å². The standard InChI is InChI=1S/C26H50N2.2BrH/c1(3-5-7-9-17-27-19-11-25(12-20-27)13-21-27)2-4-6-8-10-18-28-22-14-26(15-23-28)16-24-28;;/h25-26H,1-24H2;2*1H/q+2;;/p-2. The summed E-state index contributed by atoms with van der Waals surface area (Å²) in [5.74, 6) is 2.22. The highest BCUT2D eigenvalue weighted by Crippen LogP contribution is 2.34. The second-order valence-corrected chi connectivity index (χ2v) is 11.5. The van der Waals surface area contributed by atoms with Crippen LogP contribution >= 0.6 is 0 Å². The van der Waals surface area contributed by atoms with Crippen LogP contribution in [0.4, 0.5) is 0 Å². The predicted octanol–water partition coefficient (Wildman–Crippen LogP) is 0.156. The van der Waals surface area contributed by atoms with E-state index in [2.05, 4.69) is 0 Å². The first-order valence-electron chi connectivity index (χ1n) is 13.5. The number of hydrogen-bond acceptors (Lipinski definition) is 0. The van der Waals surface area contributed by atoms with Crippen molar-refractivity contribution in [2.45, 2.75) is 103 Å². The summed E-state index contributed by atoms with van der Waals surface area (Å²) in [6, 6.07) is 0. The van der Waals surface area contributed by atoms with Crippen LogP contribution in [-0.2, 0) is 0 Å². The molecule has 4 bridgehead atoms. The molecule has 178 valence electrons. The average molecular weight is 551 g/mol. The summed E-state index contributed by atoms with van der Waals surface area (Å²) in [6.45, 7) is 12.1. The van der Waals surface area contributed by atoms with Crippen LogP contribution in [0.25, 0.3) is 0 Å². The Kier molecular flexibility index (Phi) is 12.3. The molecule has 0 aliphatic carbocycles. The van der Waals surface area contributed by atoms with E-state index in [9.17, 15) is 0 Å². The van der Waals surface area contributed by atoms with Crippen molar-refractivity contribution in [1.29, 1.82) is 0 Å². The molecule has 6 aliphatic heterocycles. The number of piperidine rings is 6. The zero-order valence-electron chi connectivity index (χ0n) is 19.8.